The Bertz CT molecular complexity index is 772. The third-order valence-corrected chi connectivity index (χ3v) is 4.24. The molecule has 0 aliphatic carbocycles. The summed E-state index contributed by atoms with van der Waals surface area (Å²) in [6.45, 7) is 3.94. The Morgan fingerprint density at radius 2 is 2.20 bits per heavy atom. The largest absolute Gasteiger partial charge is 0.494 e. The molecule has 1 amide bonds. The van der Waals surface area contributed by atoms with Gasteiger partial charge in [0.15, 0.2) is 0 Å². The van der Waals surface area contributed by atoms with Crippen LogP contribution >= 0.6 is 0 Å². The second-order valence-electron chi connectivity index (χ2n) is 6.04. The van der Waals surface area contributed by atoms with Crippen molar-refractivity contribution in [1.29, 1.82) is 0 Å². The van der Waals surface area contributed by atoms with Crippen LogP contribution in [0.1, 0.15) is 19.8 Å². The van der Waals surface area contributed by atoms with Crippen LogP contribution < -0.4 is 20.5 Å². The number of nitrogens with zero attached hydrogens (tertiary/aromatic N) is 2. The maximum atomic E-state index is 12.6. The number of ether oxygens (including phenoxy) is 1. The van der Waals surface area contributed by atoms with E-state index in [-0.39, 0.29) is 17.4 Å². The number of carbonyl (C=O) groups excluding carboxylic acids is 1. The van der Waals surface area contributed by atoms with Crippen molar-refractivity contribution < 1.29 is 9.53 Å². The summed E-state index contributed by atoms with van der Waals surface area (Å²) in [6, 6.07) is 8.87. The summed E-state index contributed by atoms with van der Waals surface area (Å²) in [7, 11) is 0. The molecule has 1 aliphatic rings. The van der Waals surface area contributed by atoms with E-state index >= 15 is 0 Å². The molecule has 1 fully saturated rings. The van der Waals surface area contributed by atoms with Crippen LogP contribution in [-0.2, 0) is 4.79 Å². The van der Waals surface area contributed by atoms with Gasteiger partial charge in [0.1, 0.15) is 5.75 Å². The topological polar surface area (TPSA) is 87.3 Å². The molecule has 2 N–H and O–H groups in total. The standard InChI is InChI=1S/C18H22N4O3/c1-2-25-16-7-5-14(6-8-16)20-18(24)13-4-3-9-22(12-13)15-10-17(23)21-19-11-15/h5-8,10-11,13H,2-4,9,12H2,1H3,(H,20,24)(H,21,23)/t13-/m0/s1. The number of nitrogens with one attached hydrogen (secondary N) is 2. The van der Waals surface area contributed by atoms with E-state index in [0.29, 0.717) is 13.2 Å². The van der Waals surface area contributed by atoms with Crippen LogP contribution in [-0.4, -0.2) is 35.8 Å². The van der Waals surface area contributed by atoms with Crippen molar-refractivity contribution in [2.24, 2.45) is 5.92 Å². The number of amides is 1. The molecule has 1 saturated heterocycles. The Kier molecular flexibility index (Phi) is 5.33. The van der Waals surface area contributed by atoms with Crippen molar-refractivity contribution in [3.63, 3.8) is 0 Å². The number of rotatable bonds is 5. The summed E-state index contributed by atoms with van der Waals surface area (Å²) in [5.74, 6) is 0.650. The first kappa shape index (κ1) is 17.0. The van der Waals surface area contributed by atoms with Crippen LogP contribution in [0.2, 0.25) is 0 Å². The maximum absolute atomic E-state index is 12.6. The summed E-state index contributed by atoms with van der Waals surface area (Å²) in [4.78, 5) is 26.0. The molecule has 0 radical (unpaired) electrons. The van der Waals surface area contributed by atoms with E-state index in [9.17, 15) is 9.59 Å². The van der Waals surface area contributed by atoms with Gasteiger partial charge in [-0.2, -0.15) is 5.10 Å². The van der Waals surface area contributed by atoms with Crippen molar-refractivity contribution in [2.45, 2.75) is 19.8 Å². The minimum Gasteiger partial charge on any atom is -0.494 e. The summed E-state index contributed by atoms with van der Waals surface area (Å²) in [5, 5.41) is 9.16. The Balaban J connectivity index is 1.62. The monoisotopic (exact) mass is 342 g/mol. The first-order chi connectivity index (χ1) is 12.2. The SMILES string of the molecule is CCOc1ccc(NC(=O)[C@H]2CCCN(c3cn[nH]c(=O)c3)C2)cc1. The highest BCUT2D eigenvalue weighted by Gasteiger charge is 2.26. The fourth-order valence-corrected chi connectivity index (χ4v) is 3.01. The second kappa shape index (κ2) is 7.83. The molecule has 0 spiro atoms. The van der Waals surface area contributed by atoms with Gasteiger partial charge >= 0.3 is 0 Å². The van der Waals surface area contributed by atoms with Crippen LogP contribution in [0.25, 0.3) is 0 Å². The summed E-state index contributed by atoms with van der Waals surface area (Å²) < 4.78 is 5.40. The molecule has 132 valence electrons. The number of piperidine rings is 1. The molecule has 1 atom stereocenters. The van der Waals surface area contributed by atoms with Crippen molar-refractivity contribution >= 4 is 17.3 Å². The highest BCUT2D eigenvalue weighted by atomic mass is 16.5. The fourth-order valence-electron chi connectivity index (χ4n) is 3.01. The Morgan fingerprint density at radius 3 is 2.92 bits per heavy atom. The van der Waals surface area contributed by atoms with E-state index in [4.69, 9.17) is 4.74 Å². The zero-order valence-corrected chi connectivity index (χ0v) is 14.2. The van der Waals surface area contributed by atoms with Gasteiger partial charge in [0, 0.05) is 24.8 Å². The lowest BCUT2D eigenvalue weighted by atomic mass is 9.96. The lowest BCUT2D eigenvalue weighted by molar-refractivity contribution is -0.120. The van der Waals surface area contributed by atoms with Gasteiger partial charge in [0.25, 0.3) is 5.56 Å². The molecule has 25 heavy (non-hydrogen) atoms. The van der Waals surface area contributed by atoms with E-state index < -0.39 is 0 Å². The van der Waals surface area contributed by atoms with Gasteiger partial charge in [-0.3, -0.25) is 9.59 Å². The maximum Gasteiger partial charge on any atom is 0.266 e. The van der Waals surface area contributed by atoms with Gasteiger partial charge in [-0.05, 0) is 44.0 Å². The zero-order valence-electron chi connectivity index (χ0n) is 14.2. The summed E-state index contributed by atoms with van der Waals surface area (Å²) in [5.41, 5.74) is 1.27. The molecule has 1 aromatic heterocycles. The number of anilines is 2. The van der Waals surface area contributed by atoms with Crippen LogP contribution in [0, 0.1) is 5.92 Å². The first-order valence-corrected chi connectivity index (χ1v) is 8.49. The number of carbonyl (C=O) groups is 1. The molecular weight excluding hydrogens is 320 g/mol. The molecule has 0 bridgehead atoms. The number of aromatic nitrogens is 2. The van der Waals surface area contributed by atoms with E-state index in [1.165, 1.54) is 6.07 Å². The Hall–Kier alpha value is -2.83. The van der Waals surface area contributed by atoms with E-state index in [0.717, 1.165) is 36.5 Å². The van der Waals surface area contributed by atoms with Gasteiger partial charge in [0.05, 0.1) is 24.4 Å². The van der Waals surface area contributed by atoms with E-state index in [1.807, 2.05) is 36.1 Å². The average Bonchev–Trinajstić information content (AvgIpc) is 2.64. The number of H-pyrrole nitrogens is 1. The average molecular weight is 342 g/mol. The molecule has 1 aromatic carbocycles. The predicted octanol–water partition coefficient (Wildman–Crippen LogP) is 2.02. The lowest BCUT2D eigenvalue weighted by Gasteiger charge is -2.33. The van der Waals surface area contributed by atoms with Crippen molar-refractivity contribution in [2.75, 3.05) is 29.9 Å². The molecule has 0 unspecified atom stereocenters. The molecular formula is C18H22N4O3. The normalized spacial score (nSPS) is 17.2. The van der Waals surface area contributed by atoms with Crippen molar-refractivity contribution in [3.05, 3.63) is 46.9 Å². The van der Waals surface area contributed by atoms with Crippen LogP contribution in [0.4, 0.5) is 11.4 Å². The van der Waals surface area contributed by atoms with Gasteiger partial charge < -0.3 is 15.0 Å². The third-order valence-electron chi connectivity index (χ3n) is 4.24. The third kappa shape index (κ3) is 4.37. The van der Waals surface area contributed by atoms with Gasteiger partial charge in [-0.25, -0.2) is 5.10 Å². The molecule has 7 heteroatoms. The van der Waals surface area contributed by atoms with Crippen LogP contribution in [0.3, 0.4) is 0 Å². The highest BCUT2D eigenvalue weighted by molar-refractivity contribution is 5.93. The Morgan fingerprint density at radius 1 is 1.40 bits per heavy atom. The van der Waals surface area contributed by atoms with Gasteiger partial charge in [-0.15, -0.1) is 0 Å². The quantitative estimate of drug-likeness (QED) is 0.868. The smallest absolute Gasteiger partial charge is 0.266 e. The van der Waals surface area contributed by atoms with E-state index in [2.05, 4.69) is 15.5 Å². The second-order valence-corrected chi connectivity index (χ2v) is 6.04. The zero-order chi connectivity index (χ0) is 17.6. The fraction of sp³-hybridized carbons (Fsp3) is 0.389. The number of hydrogen-bond donors (Lipinski definition) is 2. The predicted molar refractivity (Wildman–Crippen MR) is 96.0 cm³/mol. The molecule has 0 saturated carbocycles. The Labute approximate surface area is 146 Å². The molecule has 1 aliphatic heterocycles. The van der Waals surface area contributed by atoms with Gasteiger partial charge in [0.2, 0.25) is 5.91 Å². The summed E-state index contributed by atoms with van der Waals surface area (Å²) >= 11 is 0. The van der Waals surface area contributed by atoms with Crippen molar-refractivity contribution in [1.82, 2.24) is 10.2 Å². The van der Waals surface area contributed by atoms with Gasteiger partial charge in [-0.1, -0.05) is 0 Å². The molecule has 2 heterocycles. The number of hydrogen-bond acceptors (Lipinski definition) is 5. The first-order valence-electron chi connectivity index (χ1n) is 8.49. The lowest BCUT2D eigenvalue weighted by Crippen LogP contribution is -2.41. The van der Waals surface area contributed by atoms with E-state index in [1.54, 1.807) is 6.20 Å². The summed E-state index contributed by atoms with van der Waals surface area (Å²) in [6.07, 6.45) is 3.35. The minimum atomic E-state index is -0.238. The molecule has 2 aromatic rings. The minimum absolute atomic E-state index is 0.00772. The van der Waals surface area contributed by atoms with Crippen molar-refractivity contribution in [3.8, 4) is 5.75 Å². The molecule has 3 rings (SSSR count). The molecule has 7 nitrogen and oxygen atoms in total. The highest BCUT2D eigenvalue weighted by Crippen LogP contribution is 2.23. The number of aromatic amines is 1. The van der Waals surface area contributed by atoms with Crippen LogP contribution in [0.15, 0.2) is 41.3 Å². The van der Waals surface area contributed by atoms with Crippen LogP contribution in [0.5, 0.6) is 5.75 Å². The number of benzene rings is 1.